The van der Waals surface area contributed by atoms with E-state index >= 15 is 0 Å². The van der Waals surface area contributed by atoms with Gasteiger partial charge in [-0.3, -0.25) is 0 Å². The van der Waals surface area contributed by atoms with Crippen LogP contribution in [0.4, 0.5) is 18.9 Å². The molecule has 9 heteroatoms. The Labute approximate surface area is 218 Å². The molecule has 35 heavy (non-hydrogen) atoms. The van der Waals surface area contributed by atoms with E-state index in [2.05, 4.69) is 44.0 Å². The molecule has 1 saturated heterocycles. The Morgan fingerprint density at radius 2 is 1.89 bits per heavy atom. The van der Waals surface area contributed by atoms with Crippen LogP contribution < -0.4 is 11.1 Å². The van der Waals surface area contributed by atoms with Crippen LogP contribution in [-0.4, -0.2) is 61.7 Å². The van der Waals surface area contributed by atoms with Crippen LogP contribution in [0.1, 0.15) is 42.9 Å². The van der Waals surface area contributed by atoms with Crippen LogP contribution in [0.5, 0.6) is 0 Å². The molecule has 0 radical (unpaired) electrons. The standard InChI is InChI=1S/C26H34BrF3N4S/c1-2-8-33(11-7-31)12-13-34-9-5-21(6-10-34)32-23-15-19(26(28,29)30)16-25-22(23)14-18-3-4-20(27)17-24(18)35-25/h3-4,15-17,21,32H,2,5-14,31H2,1H3. The Hall–Kier alpha value is -1.26. The van der Waals surface area contributed by atoms with Gasteiger partial charge in [-0.1, -0.05) is 40.7 Å². The third kappa shape index (κ3) is 6.95. The highest BCUT2D eigenvalue weighted by atomic mass is 79.9. The molecule has 0 saturated carbocycles. The van der Waals surface area contributed by atoms with E-state index in [4.69, 9.17) is 5.73 Å². The minimum Gasteiger partial charge on any atom is -0.382 e. The molecule has 2 aromatic rings. The van der Waals surface area contributed by atoms with E-state index in [0.717, 1.165) is 79.0 Å². The fraction of sp³-hybridized carbons (Fsp3) is 0.538. The van der Waals surface area contributed by atoms with E-state index in [1.165, 1.54) is 23.9 Å². The Balaban J connectivity index is 1.44. The topological polar surface area (TPSA) is 44.5 Å². The van der Waals surface area contributed by atoms with Gasteiger partial charge in [-0.25, -0.2) is 0 Å². The fourth-order valence-electron chi connectivity index (χ4n) is 4.93. The van der Waals surface area contributed by atoms with Crippen LogP contribution in [0, 0.1) is 0 Å². The second-order valence-electron chi connectivity index (χ2n) is 9.42. The van der Waals surface area contributed by atoms with Gasteiger partial charge in [0.05, 0.1) is 5.56 Å². The van der Waals surface area contributed by atoms with Gasteiger partial charge in [0, 0.05) is 71.7 Å². The van der Waals surface area contributed by atoms with Crippen LogP contribution >= 0.6 is 27.7 Å². The number of rotatable bonds is 9. The molecule has 2 aromatic carbocycles. The van der Waals surface area contributed by atoms with Crippen molar-refractivity contribution in [2.45, 2.75) is 54.6 Å². The Bertz CT molecular complexity index is 1000. The lowest BCUT2D eigenvalue weighted by Gasteiger charge is -2.35. The molecule has 4 nitrogen and oxygen atoms in total. The molecule has 2 aliphatic heterocycles. The lowest BCUT2D eigenvalue weighted by molar-refractivity contribution is -0.137. The van der Waals surface area contributed by atoms with E-state index in [0.29, 0.717) is 23.5 Å². The second-order valence-corrected chi connectivity index (χ2v) is 11.4. The molecular weight excluding hydrogens is 537 g/mol. The molecule has 0 atom stereocenters. The van der Waals surface area contributed by atoms with Crippen LogP contribution in [0.25, 0.3) is 0 Å². The first kappa shape index (κ1) is 26.8. The van der Waals surface area contributed by atoms with Crippen LogP contribution in [0.2, 0.25) is 0 Å². The zero-order valence-corrected chi connectivity index (χ0v) is 22.5. The average Bonchev–Trinajstić information content (AvgIpc) is 2.82. The number of nitrogens with one attached hydrogen (secondary N) is 1. The van der Waals surface area contributed by atoms with Gasteiger partial charge in [-0.2, -0.15) is 13.2 Å². The van der Waals surface area contributed by atoms with Gasteiger partial charge in [0.2, 0.25) is 0 Å². The number of piperidine rings is 1. The Morgan fingerprint density at radius 1 is 1.11 bits per heavy atom. The van der Waals surface area contributed by atoms with E-state index < -0.39 is 11.7 Å². The van der Waals surface area contributed by atoms with E-state index in [-0.39, 0.29) is 6.04 Å². The molecular formula is C26H34BrF3N4S. The molecule has 4 rings (SSSR count). The molecule has 1 fully saturated rings. The zero-order valence-electron chi connectivity index (χ0n) is 20.1. The number of likely N-dealkylation sites (tertiary alicyclic amines) is 1. The smallest absolute Gasteiger partial charge is 0.382 e. The number of halogens is 4. The predicted octanol–water partition coefficient (Wildman–Crippen LogP) is 6.07. The zero-order chi connectivity index (χ0) is 25.0. The average molecular weight is 572 g/mol. The fourth-order valence-corrected chi connectivity index (χ4v) is 6.63. The van der Waals surface area contributed by atoms with Gasteiger partial charge in [-0.15, -0.1) is 0 Å². The summed E-state index contributed by atoms with van der Waals surface area (Å²) in [5, 5.41) is 3.51. The summed E-state index contributed by atoms with van der Waals surface area (Å²) in [5.74, 6) is 0. The van der Waals surface area contributed by atoms with Gasteiger partial charge in [0.1, 0.15) is 0 Å². The molecule has 0 amide bonds. The predicted molar refractivity (Wildman–Crippen MR) is 141 cm³/mol. The second kappa shape index (κ2) is 11.9. The highest BCUT2D eigenvalue weighted by Crippen LogP contribution is 2.46. The number of hydrogen-bond acceptors (Lipinski definition) is 5. The van der Waals surface area contributed by atoms with E-state index in [1.807, 2.05) is 12.1 Å². The van der Waals surface area contributed by atoms with Crippen molar-refractivity contribution in [1.82, 2.24) is 9.80 Å². The third-order valence-electron chi connectivity index (χ3n) is 6.82. The molecule has 2 heterocycles. The lowest BCUT2D eigenvalue weighted by Crippen LogP contribution is -2.43. The summed E-state index contributed by atoms with van der Waals surface area (Å²) in [6.45, 7) is 8.76. The Morgan fingerprint density at radius 3 is 2.57 bits per heavy atom. The molecule has 0 aromatic heterocycles. The van der Waals surface area contributed by atoms with E-state index in [1.54, 1.807) is 0 Å². The maximum Gasteiger partial charge on any atom is 0.416 e. The maximum atomic E-state index is 13.7. The molecule has 0 bridgehead atoms. The number of nitrogens with zero attached hydrogens (tertiary/aromatic N) is 2. The minimum absolute atomic E-state index is 0.172. The van der Waals surface area contributed by atoms with Gasteiger partial charge in [0.15, 0.2) is 0 Å². The monoisotopic (exact) mass is 570 g/mol. The molecule has 0 unspecified atom stereocenters. The SMILES string of the molecule is CCCN(CCN)CCN1CCC(Nc2cc(C(F)(F)F)cc3c2Cc2ccc(Br)cc2S3)CC1. The number of benzene rings is 2. The first-order valence-electron chi connectivity index (χ1n) is 12.4. The van der Waals surface area contributed by atoms with Crippen molar-refractivity contribution in [2.24, 2.45) is 5.73 Å². The summed E-state index contributed by atoms with van der Waals surface area (Å²) < 4.78 is 42.1. The molecule has 2 aliphatic rings. The summed E-state index contributed by atoms with van der Waals surface area (Å²) in [6.07, 6.45) is -0.772. The summed E-state index contributed by atoms with van der Waals surface area (Å²) in [4.78, 5) is 6.58. The number of alkyl halides is 3. The van der Waals surface area contributed by atoms with Crippen molar-refractivity contribution in [3.63, 3.8) is 0 Å². The molecule has 0 aliphatic carbocycles. The highest BCUT2D eigenvalue weighted by molar-refractivity contribution is 9.10. The van der Waals surface area contributed by atoms with Crippen molar-refractivity contribution in [3.05, 3.63) is 51.5 Å². The van der Waals surface area contributed by atoms with Gasteiger partial charge < -0.3 is 20.9 Å². The van der Waals surface area contributed by atoms with Crippen molar-refractivity contribution in [3.8, 4) is 0 Å². The van der Waals surface area contributed by atoms with Gasteiger partial charge in [0.25, 0.3) is 0 Å². The third-order valence-corrected chi connectivity index (χ3v) is 8.49. The first-order valence-corrected chi connectivity index (χ1v) is 14.0. The maximum absolute atomic E-state index is 13.7. The summed E-state index contributed by atoms with van der Waals surface area (Å²) in [5.41, 5.74) is 7.91. The van der Waals surface area contributed by atoms with Gasteiger partial charge >= 0.3 is 6.18 Å². The van der Waals surface area contributed by atoms with Crippen LogP contribution in [0.3, 0.4) is 0 Å². The number of fused-ring (bicyclic) bond motifs is 2. The van der Waals surface area contributed by atoms with Crippen LogP contribution in [0.15, 0.2) is 44.6 Å². The number of anilines is 1. The van der Waals surface area contributed by atoms with Gasteiger partial charge in [-0.05, 0) is 61.2 Å². The summed E-state index contributed by atoms with van der Waals surface area (Å²) in [6, 6.07) is 8.83. The van der Waals surface area contributed by atoms with Crippen molar-refractivity contribution < 1.29 is 13.2 Å². The normalized spacial score (nSPS) is 16.9. The molecule has 192 valence electrons. The van der Waals surface area contributed by atoms with Crippen molar-refractivity contribution >= 4 is 33.4 Å². The Kier molecular flexibility index (Phi) is 9.08. The summed E-state index contributed by atoms with van der Waals surface area (Å²) in [7, 11) is 0. The first-order chi connectivity index (χ1) is 16.8. The highest BCUT2D eigenvalue weighted by Gasteiger charge is 2.34. The number of hydrogen-bond donors (Lipinski definition) is 2. The van der Waals surface area contributed by atoms with Crippen molar-refractivity contribution in [2.75, 3.05) is 51.1 Å². The minimum atomic E-state index is -4.37. The van der Waals surface area contributed by atoms with E-state index in [9.17, 15) is 13.2 Å². The number of nitrogens with two attached hydrogens (primary N) is 1. The quantitative estimate of drug-likeness (QED) is 0.327. The van der Waals surface area contributed by atoms with Crippen LogP contribution in [-0.2, 0) is 12.6 Å². The summed E-state index contributed by atoms with van der Waals surface area (Å²) >= 11 is 4.91. The largest absolute Gasteiger partial charge is 0.416 e. The van der Waals surface area contributed by atoms with Crippen molar-refractivity contribution in [1.29, 1.82) is 0 Å². The molecule has 3 N–H and O–H groups in total. The lowest BCUT2D eigenvalue weighted by atomic mass is 9.98. The molecule has 0 spiro atoms.